The molecule has 6 heteroatoms. The minimum absolute atomic E-state index is 0.195. The molecule has 0 aliphatic carbocycles. The number of benzene rings is 1. The first-order valence-corrected chi connectivity index (χ1v) is 8.09. The van der Waals surface area contributed by atoms with Gasteiger partial charge in [0.25, 0.3) is 0 Å². The van der Waals surface area contributed by atoms with Gasteiger partial charge < -0.3 is 14.0 Å². The van der Waals surface area contributed by atoms with Gasteiger partial charge in [-0.3, -0.25) is 4.90 Å². The molecule has 2 aliphatic heterocycles. The van der Waals surface area contributed by atoms with Gasteiger partial charge in [-0.15, -0.1) is 0 Å². The van der Waals surface area contributed by atoms with Crippen LogP contribution in [0.5, 0.6) is 5.75 Å². The molecular weight excluding hydrogens is 294 g/mol. The molecule has 122 valence electrons. The quantitative estimate of drug-likeness (QED) is 0.847. The molecule has 1 fully saturated rings. The lowest BCUT2D eigenvalue weighted by Crippen LogP contribution is -2.49. The average molecular weight is 315 g/mol. The minimum atomic E-state index is -0.195. The third kappa shape index (κ3) is 3.09. The maximum Gasteiger partial charge on any atom is 0.240 e. The summed E-state index contributed by atoms with van der Waals surface area (Å²) in [6.45, 7) is 5.63. The Morgan fingerprint density at radius 3 is 2.83 bits per heavy atom. The van der Waals surface area contributed by atoms with E-state index in [-0.39, 0.29) is 5.60 Å². The third-order valence-electron chi connectivity index (χ3n) is 4.54. The predicted octanol–water partition coefficient (Wildman–Crippen LogP) is 2.32. The topological polar surface area (TPSA) is 60.6 Å². The lowest BCUT2D eigenvalue weighted by Gasteiger charge is -2.38. The summed E-state index contributed by atoms with van der Waals surface area (Å²) in [6, 6.07) is 8.27. The van der Waals surface area contributed by atoms with Crippen molar-refractivity contribution in [1.29, 1.82) is 0 Å². The van der Waals surface area contributed by atoms with E-state index in [0.29, 0.717) is 18.3 Å². The Morgan fingerprint density at radius 2 is 2.04 bits per heavy atom. The number of hydrogen-bond donors (Lipinski definition) is 0. The summed E-state index contributed by atoms with van der Waals surface area (Å²) in [4.78, 5) is 6.68. The lowest BCUT2D eigenvalue weighted by molar-refractivity contribution is -0.0602. The number of aromatic nitrogens is 2. The van der Waals surface area contributed by atoms with Gasteiger partial charge in [-0.2, -0.15) is 4.98 Å². The van der Waals surface area contributed by atoms with Crippen molar-refractivity contribution in [2.75, 3.05) is 19.8 Å². The predicted molar refractivity (Wildman–Crippen MR) is 83.0 cm³/mol. The summed E-state index contributed by atoms with van der Waals surface area (Å²) >= 11 is 0. The minimum Gasteiger partial charge on any atom is -0.485 e. The van der Waals surface area contributed by atoms with Crippen LogP contribution in [0.4, 0.5) is 0 Å². The van der Waals surface area contributed by atoms with Crippen molar-refractivity contribution >= 4 is 0 Å². The molecule has 3 heterocycles. The van der Waals surface area contributed by atoms with Crippen molar-refractivity contribution in [3.63, 3.8) is 0 Å². The van der Waals surface area contributed by atoms with Gasteiger partial charge in [0.05, 0.1) is 19.8 Å². The van der Waals surface area contributed by atoms with Crippen LogP contribution in [0, 0.1) is 6.92 Å². The molecule has 1 spiro atoms. The van der Waals surface area contributed by atoms with Crippen LogP contribution < -0.4 is 4.74 Å². The molecule has 6 nitrogen and oxygen atoms in total. The highest BCUT2D eigenvalue weighted by molar-refractivity contribution is 5.35. The molecule has 1 aromatic carbocycles. The second kappa shape index (κ2) is 5.94. The van der Waals surface area contributed by atoms with E-state index in [1.165, 1.54) is 5.56 Å². The molecule has 2 aliphatic rings. The maximum absolute atomic E-state index is 6.47. The second-order valence-corrected chi connectivity index (χ2v) is 6.39. The number of hydrogen-bond acceptors (Lipinski definition) is 6. The molecule has 4 rings (SSSR count). The summed E-state index contributed by atoms with van der Waals surface area (Å²) < 4.78 is 17.3. The zero-order valence-corrected chi connectivity index (χ0v) is 13.3. The van der Waals surface area contributed by atoms with Crippen molar-refractivity contribution in [1.82, 2.24) is 15.0 Å². The summed E-state index contributed by atoms with van der Waals surface area (Å²) in [5, 5.41) is 3.89. The molecule has 23 heavy (non-hydrogen) atoms. The van der Waals surface area contributed by atoms with E-state index in [1.807, 2.05) is 13.0 Å². The second-order valence-electron chi connectivity index (χ2n) is 6.39. The Bertz CT molecular complexity index is 679. The van der Waals surface area contributed by atoms with Crippen LogP contribution >= 0.6 is 0 Å². The number of aryl methyl sites for hydroxylation is 1. The van der Waals surface area contributed by atoms with E-state index in [9.17, 15) is 0 Å². The normalized spacial score (nSPS) is 20.7. The van der Waals surface area contributed by atoms with E-state index in [4.69, 9.17) is 14.0 Å². The SMILES string of the molecule is Cc1noc(CN2Cc3ccccc3OC3(CCOCC3)C2)n1. The first-order chi connectivity index (χ1) is 11.2. The Morgan fingerprint density at radius 1 is 1.22 bits per heavy atom. The Kier molecular flexibility index (Phi) is 3.79. The van der Waals surface area contributed by atoms with Gasteiger partial charge in [0, 0.05) is 31.5 Å². The van der Waals surface area contributed by atoms with E-state index >= 15 is 0 Å². The summed E-state index contributed by atoms with van der Waals surface area (Å²) in [5.41, 5.74) is 1.01. The van der Waals surface area contributed by atoms with E-state index < -0.39 is 0 Å². The van der Waals surface area contributed by atoms with Gasteiger partial charge in [-0.25, -0.2) is 0 Å². The molecule has 0 bridgehead atoms. The van der Waals surface area contributed by atoms with Crippen LogP contribution in [-0.2, 0) is 17.8 Å². The van der Waals surface area contributed by atoms with Crippen molar-refractivity contribution in [2.45, 2.75) is 38.5 Å². The first-order valence-electron chi connectivity index (χ1n) is 8.09. The van der Waals surface area contributed by atoms with Crippen LogP contribution in [0.25, 0.3) is 0 Å². The van der Waals surface area contributed by atoms with Gasteiger partial charge in [-0.05, 0) is 13.0 Å². The molecule has 2 aromatic rings. The smallest absolute Gasteiger partial charge is 0.240 e. The van der Waals surface area contributed by atoms with Crippen molar-refractivity contribution in [2.24, 2.45) is 0 Å². The monoisotopic (exact) mass is 315 g/mol. The molecule has 0 atom stereocenters. The molecule has 0 N–H and O–H groups in total. The average Bonchev–Trinajstić information content (AvgIpc) is 2.88. The highest BCUT2D eigenvalue weighted by Gasteiger charge is 2.39. The van der Waals surface area contributed by atoms with Crippen molar-refractivity contribution < 1.29 is 14.0 Å². The van der Waals surface area contributed by atoms with Gasteiger partial charge in [-0.1, -0.05) is 23.4 Å². The summed E-state index contributed by atoms with van der Waals surface area (Å²) in [7, 11) is 0. The highest BCUT2D eigenvalue weighted by atomic mass is 16.5. The number of nitrogens with zero attached hydrogens (tertiary/aromatic N) is 3. The number of para-hydroxylation sites is 1. The zero-order valence-electron chi connectivity index (χ0n) is 13.3. The van der Waals surface area contributed by atoms with Crippen LogP contribution in [0.15, 0.2) is 28.8 Å². The number of rotatable bonds is 2. The fraction of sp³-hybridized carbons (Fsp3) is 0.529. The maximum atomic E-state index is 6.47. The standard InChI is InChI=1S/C17H21N3O3/c1-13-18-16(23-19-13)11-20-10-14-4-2-3-5-15(14)22-17(12-20)6-8-21-9-7-17/h2-5H,6-12H2,1H3. The summed E-state index contributed by atoms with van der Waals surface area (Å²) in [6.07, 6.45) is 1.81. The summed E-state index contributed by atoms with van der Waals surface area (Å²) in [5.74, 6) is 2.31. The van der Waals surface area contributed by atoms with Crippen LogP contribution in [0.2, 0.25) is 0 Å². The third-order valence-corrected chi connectivity index (χ3v) is 4.54. The van der Waals surface area contributed by atoms with Gasteiger partial charge >= 0.3 is 0 Å². The molecule has 0 saturated carbocycles. The lowest BCUT2D eigenvalue weighted by atomic mass is 9.93. The Hall–Kier alpha value is -1.92. The van der Waals surface area contributed by atoms with Crippen molar-refractivity contribution in [3.8, 4) is 5.75 Å². The molecule has 1 saturated heterocycles. The van der Waals surface area contributed by atoms with Crippen molar-refractivity contribution in [3.05, 3.63) is 41.5 Å². The molecular formula is C17H21N3O3. The fourth-order valence-electron chi connectivity index (χ4n) is 3.41. The van der Waals surface area contributed by atoms with Crippen LogP contribution in [-0.4, -0.2) is 40.4 Å². The van der Waals surface area contributed by atoms with Crippen LogP contribution in [0.1, 0.15) is 30.1 Å². The van der Waals surface area contributed by atoms with Gasteiger partial charge in [0.2, 0.25) is 5.89 Å². The Balaban J connectivity index is 1.63. The van der Waals surface area contributed by atoms with Gasteiger partial charge in [0.1, 0.15) is 11.4 Å². The van der Waals surface area contributed by atoms with E-state index in [2.05, 4.69) is 33.2 Å². The number of fused-ring (bicyclic) bond motifs is 1. The molecule has 1 aromatic heterocycles. The van der Waals surface area contributed by atoms with E-state index in [0.717, 1.165) is 44.9 Å². The highest BCUT2D eigenvalue weighted by Crippen LogP contribution is 2.35. The largest absolute Gasteiger partial charge is 0.485 e. The Labute approximate surface area is 135 Å². The van der Waals surface area contributed by atoms with E-state index in [1.54, 1.807) is 0 Å². The number of ether oxygens (including phenoxy) is 2. The molecule has 0 unspecified atom stereocenters. The zero-order chi connectivity index (χ0) is 15.7. The van der Waals surface area contributed by atoms with Crippen LogP contribution in [0.3, 0.4) is 0 Å². The fourth-order valence-corrected chi connectivity index (χ4v) is 3.41. The molecule has 0 amide bonds. The molecule has 0 radical (unpaired) electrons. The first kappa shape index (κ1) is 14.7. The van der Waals surface area contributed by atoms with Gasteiger partial charge in [0.15, 0.2) is 5.82 Å².